The van der Waals surface area contributed by atoms with Crippen LogP contribution < -0.4 is 21.4 Å². The Kier molecular flexibility index (Phi) is 11.2. The highest BCUT2D eigenvalue weighted by Gasteiger charge is 2.22. The predicted octanol–water partition coefficient (Wildman–Crippen LogP) is 4.79. The Bertz CT molecular complexity index is 2130. The van der Waals surface area contributed by atoms with Crippen LogP contribution >= 0.6 is 12.2 Å². The van der Waals surface area contributed by atoms with E-state index >= 15 is 0 Å². The molecule has 14 heteroatoms. The second-order valence-corrected chi connectivity index (χ2v) is 11.6. The Labute approximate surface area is 290 Å². The second-order valence-electron chi connectivity index (χ2n) is 11.2. The summed E-state index contributed by atoms with van der Waals surface area (Å²) in [4.78, 5) is 46.6. The third-order valence-electron chi connectivity index (χ3n) is 7.61. The number of carbonyl (C=O) groups is 3. The number of carboxylic acids is 2. The Balaban J connectivity index is 1.18. The molecule has 0 saturated carbocycles. The van der Waals surface area contributed by atoms with E-state index in [9.17, 15) is 34.6 Å². The average molecular weight is 697 g/mol. The lowest BCUT2D eigenvalue weighted by atomic mass is 9.90. The monoisotopic (exact) mass is 696 g/mol. The van der Waals surface area contributed by atoms with E-state index in [1.165, 1.54) is 30.3 Å². The van der Waals surface area contributed by atoms with E-state index in [0.29, 0.717) is 70.5 Å². The van der Waals surface area contributed by atoms with Gasteiger partial charge in [0.25, 0.3) is 5.91 Å². The Morgan fingerprint density at radius 3 is 2.30 bits per heavy atom. The molecule has 0 atom stereocenters. The normalized spacial score (nSPS) is 11.1. The topological polar surface area (TPSA) is 202 Å². The molecule has 0 spiro atoms. The fourth-order valence-corrected chi connectivity index (χ4v) is 5.41. The van der Waals surface area contributed by atoms with Gasteiger partial charge in [-0.2, -0.15) is 0 Å². The fraction of sp³-hybridized carbons (Fsp3) is 0.139. The van der Waals surface area contributed by atoms with Gasteiger partial charge in [-0.15, -0.1) is 0 Å². The van der Waals surface area contributed by atoms with Crippen LogP contribution in [-0.2, 0) is 22.7 Å². The third kappa shape index (κ3) is 8.87. The summed E-state index contributed by atoms with van der Waals surface area (Å²) in [5.74, 6) is -3.03. The molecule has 3 aromatic rings. The van der Waals surface area contributed by atoms with Crippen LogP contribution in [0.1, 0.15) is 27.9 Å². The van der Waals surface area contributed by atoms with Crippen molar-refractivity contribution in [2.45, 2.75) is 19.5 Å². The van der Waals surface area contributed by atoms with Gasteiger partial charge in [0.05, 0.1) is 5.56 Å². The summed E-state index contributed by atoms with van der Waals surface area (Å²) in [5.41, 5.74) is 3.89. The smallest absolute Gasteiger partial charge is 0.336 e. The molecular formula is C36H32N4O9S. The van der Waals surface area contributed by atoms with Gasteiger partial charge in [-0.25, -0.2) is 14.7 Å². The zero-order chi connectivity index (χ0) is 35.8. The van der Waals surface area contributed by atoms with Crippen molar-refractivity contribution in [2.24, 2.45) is 0 Å². The van der Waals surface area contributed by atoms with E-state index in [2.05, 4.69) is 16.0 Å². The summed E-state index contributed by atoms with van der Waals surface area (Å²) in [5, 5.41) is 49.1. The van der Waals surface area contributed by atoms with E-state index in [1.807, 2.05) is 24.3 Å². The fourth-order valence-electron chi connectivity index (χ4n) is 5.22. The maximum Gasteiger partial charge on any atom is 0.336 e. The number of aliphatic carboxylic acids is 1. The van der Waals surface area contributed by atoms with Gasteiger partial charge < -0.3 is 35.7 Å². The molecule has 13 nitrogen and oxygen atoms in total. The number of benzene rings is 4. The molecule has 1 aliphatic heterocycles. The van der Waals surface area contributed by atoms with Crippen molar-refractivity contribution in [3.05, 3.63) is 118 Å². The number of nitrogens with zero attached hydrogens (tertiary/aromatic N) is 1. The maximum atomic E-state index is 12.5. The summed E-state index contributed by atoms with van der Waals surface area (Å²) >= 11 is 5.47. The van der Waals surface area contributed by atoms with Crippen molar-refractivity contribution < 1.29 is 39.3 Å². The molecule has 1 amide bonds. The lowest BCUT2D eigenvalue weighted by molar-refractivity contribution is -0.159. The molecule has 0 radical (unpaired) electrons. The SMILES string of the molecule is O=C(O)/C=C/C(=O)N(O)CCCNCc1ccc(CNC(=S)Nc2ccc(-c3c4ccc(=O)cc-4oc4cc(O)ccc34)c(C(=O)O)c2)cc1. The van der Waals surface area contributed by atoms with Gasteiger partial charge in [0.1, 0.15) is 17.1 Å². The number of phenolic OH excluding ortho intramolecular Hbond substituents is 1. The van der Waals surface area contributed by atoms with Crippen molar-refractivity contribution in [3.63, 3.8) is 0 Å². The number of hydrogen-bond acceptors (Lipinski definition) is 9. The van der Waals surface area contributed by atoms with E-state index in [-0.39, 0.29) is 34.2 Å². The molecule has 0 bridgehead atoms. The molecule has 0 fully saturated rings. The van der Waals surface area contributed by atoms with Crippen LogP contribution in [0.2, 0.25) is 0 Å². The Morgan fingerprint density at radius 2 is 1.58 bits per heavy atom. The minimum atomic E-state index is -1.27. The summed E-state index contributed by atoms with van der Waals surface area (Å²) in [7, 11) is 0. The zero-order valence-electron chi connectivity index (χ0n) is 26.4. The number of anilines is 1. The summed E-state index contributed by atoms with van der Waals surface area (Å²) in [6, 6.07) is 21.4. The molecule has 0 unspecified atom stereocenters. The quantitative estimate of drug-likeness (QED) is 0.0221. The van der Waals surface area contributed by atoms with Crippen molar-refractivity contribution in [2.75, 3.05) is 18.4 Å². The van der Waals surface area contributed by atoms with Crippen LogP contribution in [0.15, 0.2) is 100 Å². The van der Waals surface area contributed by atoms with Crippen molar-refractivity contribution in [1.82, 2.24) is 15.7 Å². The molecule has 7 N–H and O–H groups in total. The lowest BCUT2D eigenvalue weighted by Gasteiger charge is -2.18. The highest BCUT2D eigenvalue weighted by atomic mass is 32.1. The van der Waals surface area contributed by atoms with Gasteiger partial charge in [-0.1, -0.05) is 30.3 Å². The highest BCUT2D eigenvalue weighted by Crippen LogP contribution is 2.42. The van der Waals surface area contributed by atoms with Crippen LogP contribution in [0.3, 0.4) is 0 Å². The van der Waals surface area contributed by atoms with Crippen LogP contribution in [0.25, 0.3) is 33.4 Å². The maximum absolute atomic E-state index is 12.5. The summed E-state index contributed by atoms with van der Waals surface area (Å²) in [6.07, 6.45) is 1.91. The third-order valence-corrected chi connectivity index (χ3v) is 7.85. The highest BCUT2D eigenvalue weighted by molar-refractivity contribution is 7.80. The number of carbonyl (C=O) groups excluding carboxylic acids is 1. The Hall–Kier alpha value is -6.09. The van der Waals surface area contributed by atoms with E-state index in [0.717, 1.165) is 17.2 Å². The van der Waals surface area contributed by atoms with Crippen LogP contribution in [0.5, 0.6) is 5.75 Å². The van der Waals surface area contributed by atoms with Gasteiger partial charge in [0.15, 0.2) is 10.5 Å². The molecule has 2 aliphatic rings. The van der Waals surface area contributed by atoms with E-state index in [1.54, 1.807) is 24.3 Å². The van der Waals surface area contributed by atoms with E-state index < -0.39 is 17.8 Å². The minimum Gasteiger partial charge on any atom is -0.508 e. The van der Waals surface area contributed by atoms with Gasteiger partial charge in [0, 0.05) is 66.1 Å². The molecule has 256 valence electrons. The molecule has 0 aromatic heterocycles. The number of nitrogens with one attached hydrogen (secondary N) is 3. The number of aromatic carboxylic acids is 1. The standard InChI is InChI=1S/C36H32N4O9S/c41-24-7-10-27-30(17-24)49-31-18-25(42)8-11-28(31)34(27)26-9-6-23(16-29(26)35(46)47)39-36(50)38-20-22-4-2-21(3-5-22)19-37-14-1-15-40(48)32(43)12-13-33(44)45/h2-13,16-18,37,41,48H,1,14-15,19-20H2,(H,44,45)(H,46,47)(H2,38,39,50)/b13-12+. The number of carboxylic acid groups (broad SMARTS) is 2. The van der Waals surface area contributed by atoms with E-state index in [4.69, 9.17) is 21.7 Å². The summed E-state index contributed by atoms with van der Waals surface area (Å²) in [6.45, 7) is 1.52. The molecular weight excluding hydrogens is 664 g/mol. The first kappa shape index (κ1) is 35.2. The summed E-state index contributed by atoms with van der Waals surface area (Å²) < 4.78 is 5.89. The Morgan fingerprint density at radius 1 is 0.860 bits per heavy atom. The van der Waals surface area contributed by atoms with Crippen LogP contribution in [0, 0.1) is 0 Å². The number of fused-ring (bicyclic) bond motifs is 2. The van der Waals surface area contributed by atoms with Crippen molar-refractivity contribution in [1.29, 1.82) is 0 Å². The zero-order valence-corrected chi connectivity index (χ0v) is 27.2. The molecule has 5 rings (SSSR count). The van der Waals surface area contributed by atoms with Crippen LogP contribution in [0.4, 0.5) is 5.69 Å². The van der Waals surface area contributed by atoms with Crippen molar-refractivity contribution >= 4 is 51.8 Å². The molecule has 1 heterocycles. The minimum absolute atomic E-state index is 0.00913. The molecule has 3 aromatic carbocycles. The molecule has 1 aliphatic carbocycles. The number of rotatable bonds is 13. The van der Waals surface area contributed by atoms with Gasteiger partial charge in [-0.3, -0.25) is 14.8 Å². The van der Waals surface area contributed by atoms with Gasteiger partial charge in [-0.05, 0) is 78.3 Å². The van der Waals surface area contributed by atoms with Crippen molar-refractivity contribution in [3.8, 4) is 28.2 Å². The number of aromatic hydroxyl groups is 1. The lowest BCUT2D eigenvalue weighted by Crippen LogP contribution is -2.29. The second kappa shape index (κ2) is 15.9. The van der Waals surface area contributed by atoms with Crippen LogP contribution in [-0.4, -0.2) is 61.6 Å². The number of hydrogen-bond donors (Lipinski definition) is 7. The molecule has 0 saturated heterocycles. The average Bonchev–Trinajstić information content (AvgIpc) is 3.08. The first-order valence-electron chi connectivity index (χ1n) is 15.3. The first-order chi connectivity index (χ1) is 24.0. The number of amides is 1. The van der Waals surface area contributed by atoms with Gasteiger partial charge >= 0.3 is 11.9 Å². The largest absolute Gasteiger partial charge is 0.508 e. The predicted molar refractivity (Wildman–Crippen MR) is 189 cm³/mol. The molecule has 50 heavy (non-hydrogen) atoms. The number of hydroxylamine groups is 2. The number of thiocarbonyl (C=S) groups is 1. The first-order valence-corrected chi connectivity index (χ1v) is 15.7. The number of phenols is 1. The van der Waals surface area contributed by atoms with Gasteiger partial charge in [0.2, 0.25) is 0 Å².